The highest BCUT2D eigenvalue weighted by Gasteiger charge is 2.22. The fourth-order valence-corrected chi connectivity index (χ4v) is 3.62. The number of rotatable bonds is 7. The number of carbonyl (C=O) groups excluding carboxylic acids is 1. The summed E-state index contributed by atoms with van der Waals surface area (Å²) >= 11 is 1.35. The first-order valence-electron chi connectivity index (χ1n) is 8.76. The van der Waals surface area contributed by atoms with E-state index in [1.54, 1.807) is 12.1 Å². The molecular weight excluding hydrogens is 355 g/mol. The first-order chi connectivity index (χ1) is 12.5. The predicted octanol–water partition coefficient (Wildman–Crippen LogP) is 2.88. The average Bonchev–Trinajstić information content (AvgIpc) is 3.24. The number of hydrogen-bond acceptors (Lipinski definition) is 5. The van der Waals surface area contributed by atoms with Gasteiger partial charge in [0.25, 0.3) is 0 Å². The van der Waals surface area contributed by atoms with Gasteiger partial charge in [-0.1, -0.05) is 11.8 Å². The van der Waals surface area contributed by atoms with Crippen LogP contribution >= 0.6 is 11.8 Å². The molecule has 6 nitrogen and oxygen atoms in total. The molecule has 0 saturated carbocycles. The summed E-state index contributed by atoms with van der Waals surface area (Å²) in [5.74, 6) is 0.594. The third-order valence-electron chi connectivity index (χ3n) is 4.01. The molecule has 1 aromatic heterocycles. The molecule has 1 aliphatic rings. The lowest BCUT2D eigenvalue weighted by Crippen LogP contribution is -2.31. The zero-order valence-corrected chi connectivity index (χ0v) is 15.8. The van der Waals surface area contributed by atoms with Gasteiger partial charge in [-0.05, 0) is 51.0 Å². The minimum atomic E-state index is -0.293. The van der Waals surface area contributed by atoms with E-state index < -0.39 is 0 Å². The molecule has 1 aromatic carbocycles. The molecule has 0 unspecified atom stereocenters. The highest BCUT2D eigenvalue weighted by molar-refractivity contribution is 7.99. The molecule has 1 N–H and O–H groups in total. The van der Waals surface area contributed by atoms with Crippen LogP contribution in [0, 0.1) is 5.82 Å². The van der Waals surface area contributed by atoms with Gasteiger partial charge in [-0.25, -0.2) is 4.39 Å². The Labute approximate surface area is 156 Å². The Morgan fingerprint density at radius 2 is 2.15 bits per heavy atom. The molecule has 0 bridgehead atoms. The van der Waals surface area contributed by atoms with Crippen molar-refractivity contribution in [1.29, 1.82) is 0 Å². The summed E-state index contributed by atoms with van der Waals surface area (Å²) in [6, 6.07) is 6.28. The fraction of sp³-hybridized carbons (Fsp3) is 0.500. The highest BCUT2D eigenvalue weighted by atomic mass is 32.2. The van der Waals surface area contributed by atoms with E-state index >= 15 is 0 Å². The molecule has 8 heteroatoms. The number of nitrogens with zero attached hydrogens (tertiary/aromatic N) is 3. The van der Waals surface area contributed by atoms with Crippen molar-refractivity contribution in [3.63, 3.8) is 0 Å². The van der Waals surface area contributed by atoms with Crippen molar-refractivity contribution in [2.75, 3.05) is 12.4 Å². The highest BCUT2D eigenvalue weighted by Crippen LogP contribution is 2.26. The third kappa shape index (κ3) is 4.82. The summed E-state index contributed by atoms with van der Waals surface area (Å²) in [6.07, 6.45) is 2.13. The largest absolute Gasteiger partial charge is 0.376 e. The Kier molecular flexibility index (Phi) is 6.26. The van der Waals surface area contributed by atoms with Crippen LogP contribution in [0.5, 0.6) is 0 Å². The summed E-state index contributed by atoms with van der Waals surface area (Å²) in [7, 11) is 0. The maximum atomic E-state index is 13.2. The number of thioether (sulfide) groups is 1. The van der Waals surface area contributed by atoms with E-state index in [1.165, 1.54) is 23.9 Å². The molecule has 1 aliphatic heterocycles. The van der Waals surface area contributed by atoms with Crippen molar-refractivity contribution in [2.45, 2.75) is 50.5 Å². The standard InChI is InChI=1S/C18H23FN4O2S/c1-12(2)20-16(24)11-26-18-22-21-17(13-5-7-14(19)8-6-13)23(18)10-15-4-3-9-25-15/h5-8,12,15H,3-4,9-11H2,1-2H3,(H,20,24)/t15-/m1/s1. The molecule has 0 spiro atoms. The molecule has 2 aromatic rings. The van der Waals surface area contributed by atoms with Crippen LogP contribution in [0.15, 0.2) is 29.4 Å². The topological polar surface area (TPSA) is 69.0 Å². The molecule has 1 fully saturated rings. The van der Waals surface area contributed by atoms with E-state index in [9.17, 15) is 9.18 Å². The molecule has 140 valence electrons. The summed E-state index contributed by atoms with van der Waals surface area (Å²) in [4.78, 5) is 11.9. The van der Waals surface area contributed by atoms with Crippen LogP contribution in [0.2, 0.25) is 0 Å². The average molecular weight is 378 g/mol. The summed E-state index contributed by atoms with van der Waals surface area (Å²) in [5.41, 5.74) is 0.787. The molecule has 1 atom stereocenters. The molecule has 1 amide bonds. The summed E-state index contributed by atoms with van der Waals surface area (Å²) < 4.78 is 21.0. The number of aromatic nitrogens is 3. The lowest BCUT2D eigenvalue weighted by molar-refractivity contribution is -0.119. The first-order valence-corrected chi connectivity index (χ1v) is 9.74. The van der Waals surface area contributed by atoms with Crippen LogP contribution in [0.1, 0.15) is 26.7 Å². The molecule has 26 heavy (non-hydrogen) atoms. The number of carbonyl (C=O) groups is 1. The molecular formula is C18H23FN4O2S. The molecule has 0 radical (unpaired) electrons. The molecule has 2 heterocycles. The molecule has 0 aliphatic carbocycles. The van der Waals surface area contributed by atoms with Gasteiger partial charge in [0.1, 0.15) is 5.82 Å². The normalized spacial score (nSPS) is 17.0. The van der Waals surface area contributed by atoms with Gasteiger partial charge in [-0.15, -0.1) is 10.2 Å². The number of ether oxygens (including phenoxy) is 1. The van der Waals surface area contributed by atoms with Crippen molar-refractivity contribution in [2.24, 2.45) is 0 Å². The number of benzene rings is 1. The second-order valence-electron chi connectivity index (χ2n) is 6.57. The second-order valence-corrected chi connectivity index (χ2v) is 7.51. The van der Waals surface area contributed by atoms with E-state index in [2.05, 4.69) is 15.5 Å². The fourth-order valence-electron chi connectivity index (χ4n) is 2.86. The molecule has 3 rings (SSSR count). The van der Waals surface area contributed by atoms with E-state index in [-0.39, 0.29) is 29.6 Å². The van der Waals surface area contributed by atoms with Crippen molar-refractivity contribution in [3.8, 4) is 11.4 Å². The summed E-state index contributed by atoms with van der Waals surface area (Å²) in [6.45, 7) is 5.23. The van der Waals surface area contributed by atoms with Crippen molar-refractivity contribution in [1.82, 2.24) is 20.1 Å². The smallest absolute Gasteiger partial charge is 0.230 e. The van der Waals surface area contributed by atoms with E-state index in [1.807, 2.05) is 18.4 Å². The van der Waals surface area contributed by atoms with Crippen molar-refractivity contribution >= 4 is 17.7 Å². The Morgan fingerprint density at radius 1 is 1.38 bits per heavy atom. The lowest BCUT2D eigenvalue weighted by Gasteiger charge is -2.15. The van der Waals surface area contributed by atoms with Crippen molar-refractivity contribution < 1.29 is 13.9 Å². The van der Waals surface area contributed by atoms with Crippen LogP contribution in [0.25, 0.3) is 11.4 Å². The van der Waals surface area contributed by atoms with Gasteiger partial charge in [0.05, 0.1) is 18.4 Å². The van der Waals surface area contributed by atoms with Gasteiger partial charge in [-0.2, -0.15) is 0 Å². The number of amides is 1. The van der Waals surface area contributed by atoms with Gasteiger partial charge in [0, 0.05) is 18.2 Å². The van der Waals surface area contributed by atoms with E-state index in [4.69, 9.17) is 4.74 Å². The van der Waals surface area contributed by atoms with Crippen LogP contribution in [0.3, 0.4) is 0 Å². The van der Waals surface area contributed by atoms with E-state index in [0.717, 1.165) is 25.0 Å². The first kappa shape index (κ1) is 18.8. The van der Waals surface area contributed by atoms with E-state index in [0.29, 0.717) is 17.5 Å². The maximum absolute atomic E-state index is 13.2. The van der Waals surface area contributed by atoms with Gasteiger partial charge >= 0.3 is 0 Å². The summed E-state index contributed by atoms with van der Waals surface area (Å²) in [5, 5.41) is 12.1. The second kappa shape index (κ2) is 8.64. The Bertz CT molecular complexity index is 742. The van der Waals surface area contributed by atoms with Gasteiger partial charge < -0.3 is 10.1 Å². The zero-order chi connectivity index (χ0) is 18.5. The number of nitrogens with one attached hydrogen (secondary N) is 1. The number of hydrogen-bond donors (Lipinski definition) is 1. The van der Waals surface area contributed by atoms with Crippen LogP contribution in [-0.2, 0) is 16.1 Å². The zero-order valence-electron chi connectivity index (χ0n) is 14.9. The lowest BCUT2D eigenvalue weighted by atomic mass is 10.2. The van der Waals surface area contributed by atoms with Crippen LogP contribution in [0.4, 0.5) is 4.39 Å². The third-order valence-corrected chi connectivity index (χ3v) is 4.98. The monoisotopic (exact) mass is 378 g/mol. The quantitative estimate of drug-likeness (QED) is 0.751. The van der Waals surface area contributed by atoms with Crippen LogP contribution < -0.4 is 5.32 Å². The predicted molar refractivity (Wildman–Crippen MR) is 98.4 cm³/mol. The molecule has 1 saturated heterocycles. The number of halogens is 1. The Morgan fingerprint density at radius 3 is 2.81 bits per heavy atom. The Hall–Kier alpha value is -1.93. The Balaban J connectivity index is 1.81. The van der Waals surface area contributed by atoms with Gasteiger partial charge in [0.2, 0.25) is 5.91 Å². The van der Waals surface area contributed by atoms with Crippen molar-refractivity contribution in [3.05, 3.63) is 30.1 Å². The van der Waals surface area contributed by atoms with Crippen LogP contribution in [-0.4, -0.2) is 45.2 Å². The van der Waals surface area contributed by atoms with Gasteiger partial charge in [0.15, 0.2) is 11.0 Å². The minimum Gasteiger partial charge on any atom is -0.376 e. The minimum absolute atomic E-state index is 0.0417. The maximum Gasteiger partial charge on any atom is 0.230 e. The van der Waals surface area contributed by atoms with Gasteiger partial charge in [-0.3, -0.25) is 9.36 Å². The SMILES string of the molecule is CC(C)NC(=O)CSc1nnc(-c2ccc(F)cc2)n1C[C@H]1CCCO1.